The first-order valence-corrected chi connectivity index (χ1v) is 20.9. The number of rotatable bonds is 7. The Balaban J connectivity index is 0.000000581. The van der Waals surface area contributed by atoms with E-state index in [-0.39, 0.29) is 30.7 Å². The Hall–Kier alpha value is -2.52. The Kier molecular flexibility index (Phi) is 18.0. The van der Waals surface area contributed by atoms with E-state index in [9.17, 15) is 0 Å². The quantitative estimate of drug-likeness (QED) is 0.105. The minimum absolute atomic E-state index is 0. The maximum atomic E-state index is 9.08. The standard InChI is InChI=1S/C31H49OP.C12H9N.CH4O3S.Pd/c1-19(2)23-17-24(20(3)4)28(25(18-23)21(5)6)27-22(7)15-16-26(32-14)29(27)33(30(8,9)10)31(11,12)13;13-12-9-5-4-8-11(12)10-6-2-1-3-7-10;1-5(2,3)4;/h15-21H,1-14H3;1-6,8-9,13H;1H3,(H,2,3,4);/q;-1;;+2/p-1. The topological polar surface area (TPSA) is 90.2 Å². The van der Waals surface area contributed by atoms with Crippen molar-refractivity contribution >= 4 is 29.0 Å². The first-order chi connectivity index (χ1) is 23.4. The SMILES string of the molecule is COc1ccc(C)c(-c2c(C(C)C)cc(C(C)C)cc2C(C)C)c1P(C(C)(C)C)C(C)(C)C.CS(=O)(=O)[O-].[NH-]c1ccccc1-c1[c]cccc1.[Pd+2]. The summed E-state index contributed by atoms with van der Waals surface area (Å²) >= 11 is 0. The second kappa shape index (κ2) is 19.7. The molecule has 0 unspecified atom stereocenters. The summed E-state index contributed by atoms with van der Waals surface area (Å²) in [6.45, 7) is 30.7. The summed E-state index contributed by atoms with van der Waals surface area (Å²) in [4.78, 5) is 0. The summed E-state index contributed by atoms with van der Waals surface area (Å²) in [6.07, 6.45) is 0.604. The number of methoxy groups -OCH3 is 1. The summed E-state index contributed by atoms with van der Waals surface area (Å²) in [7, 11) is -2.61. The summed E-state index contributed by atoms with van der Waals surface area (Å²) in [5.74, 6) is 2.46. The first-order valence-electron chi connectivity index (χ1n) is 17.7. The maximum Gasteiger partial charge on any atom is 2.00 e. The Labute approximate surface area is 331 Å². The predicted molar refractivity (Wildman–Crippen MR) is 222 cm³/mol. The van der Waals surface area contributed by atoms with E-state index in [1.165, 1.54) is 38.7 Å². The van der Waals surface area contributed by atoms with E-state index in [4.69, 9.17) is 23.4 Å². The molecule has 4 aromatic rings. The molecule has 0 fully saturated rings. The normalized spacial score (nSPS) is 11.8. The zero-order valence-corrected chi connectivity index (χ0v) is 37.2. The number of ether oxygens (including phenoxy) is 1. The molecule has 0 aliphatic rings. The van der Waals surface area contributed by atoms with Crippen LogP contribution in [0, 0.1) is 13.0 Å². The maximum absolute atomic E-state index is 9.08. The van der Waals surface area contributed by atoms with Gasteiger partial charge < -0.3 is 15.0 Å². The van der Waals surface area contributed by atoms with Crippen LogP contribution in [0.3, 0.4) is 0 Å². The van der Waals surface area contributed by atoms with Crippen molar-refractivity contribution in [3.63, 3.8) is 0 Å². The molecule has 5 nitrogen and oxygen atoms in total. The van der Waals surface area contributed by atoms with E-state index in [1.54, 1.807) is 6.07 Å². The molecule has 0 bridgehead atoms. The van der Waals surface area contributed by atoms with Crippen molar-refractivity contribution in [1.29, 1.82) is 0 Å². The van der Waals surface area contributed by atoms with Crippen molar-refractivity contribution in [3.05, 3.63) is 107 Å². The van der Waals surface area contributed by atoms with Gasteiger partial charge in [0.15, 0.2) is 0 Å². The molecular formula is C44H61NO4PPdS. The fraction of sp³-hybridized carbons (Fsp3) is 0.455. The van der Waals surface area contributed by atoms with Gasteiger partial charge >= 0.3 is 20.4 Å². The van der Waals surface area contributed by atoms with Gasteiger partial charge in [0.05, 0.1) is 17.2 Å². The average molecular weight is 837 g/mol. The second-order valence-corrected chi connectivity index (χ2v) is 21.3. The van der Waals surface area contributed by atoms with Crippen molar-refractivity contribution in [3.8, 4) is 28.0 Å². The van der Waals surface area contributed by atoms with Crippen LogP contribution in [0.4, 0.5) is 5.69 Å². The predicted octanol–water partition coefficient (Wildman–Crippen LogP) is 12.7. The minimum Gasteiger partial charge on any atom is -0.748 e. The van der Waals surface area contributed by atoms with Crippen LogP contribution in [-0.4, -0.2) is 36.6 Å². The third kappa shape index (κ3) is 13.4. The van der Waals surface area contributed by atoms with Crippen molar-refractivity contribution in [2.75, 3.05) is 13.4 Å². The third-order valence-electron chi connectivity index (χ3n) is 8.44. The van der Waals surface area contributed by atoms with E-state index in [0.29, 0.717) is 29.7 Å². The molecule has 4 aromatic carbocycles. The van der Waals surface area contributed by atoms with Gasteiger partial charge in [-0.3, -0.25) is 0 Å². The number of nitrogens with one attached hydrogen (secondary N) is 1. The number of benzene rings is 4. The molecule has 8 heteroatoms. The average Bonchev–Trinajstić information content (AvgIpc) is 2.99. The van der Waals surface area contributed by atoms with E-state index < -0.39 is 18.0 Å². The van der Waals surface area contributed by atoms with Gasteiger partial charge in [0.25, 0.3) is 0 Å². The molecule has 0 heterocycles. The van der Waals surface area contributed by atoms with Crippen LogP contribution in [-0.2, 0) is 30.5 Å². The Bertz CT molecular complexity index is 1790. The molecular weight excluding hydrogens is 776 g/mol. The molecule has 1 radical (unpaired) electrons. The Morgan fingerprint density at radius 1 is 0.769 bits per heavy atom. The molecule has 52 heavy (non-hydrogen) atoms. The Morgan fingerprint density at radius 2 is 1.25 bits per heavy atom. The van der Waals surface area contributed by atoms with E-state index in [2.05, 4.69) is 120 Å². The zero-order valence-electron chi connectivity index (χ0n) is 34.0. The smallest absolute Gasteiger partial charge is 0.748 e. The van der Waals surface area contributed by atoms with Crippen LogP contribution >= 0.6 is 7.92 Å². The van der Waals surface area contributed by atoms with Crippen LogP contribution in [0.15, 0.2) is 72.8 Å². The third-order valence-corrected chi connectivity index (χ3v) is 12.0. The molecule has 0 atom stereocenters. The molecule has 1 N–H and O–H groups in total. The van der Waals surface area contributed by atoms with Crippen LogP contribution in [0.25, 0.3) is 28.0 Å². The molecule has 0 spiro atoms. The van der Waals surface area contributed by atoms with Gasteiger partial charge in [-0.1, -0.05) is 158 Å². The molecule has 0 saturated carbocycles. The van der Waals surface area contributed by atoms with Crippen molar-refractivity contribution in [2.24, 2.45) is 0 Å². The minimum atomic E-state index is -3.92. The summed E-state index contributed by atoms with van der Waals surface area (Å²) in [5.41, 5.74) is 18.8. The van der Waals surface area contributed by atoms with Gasteiger partial charge in [-0.15, -0.1) is 5.69 Å². The zero-order chi connectivity index (χ0) is 39.1. The molecule has 0 aliphatic carbocycles. The summed E-state index contributed by atoms with van der Waals surface area (Å²) in [5, 5.41) is 1.74. The van der Waals surface area contributed by atoms with E-state index in [1.807, 2.05) is 49.6 Å². The monoisotopic (exact) mass is 836 g/mol. The summed E-state index contributed by atoms with van der Waals surface area (Å²) < 4.78 is 33.3. The first kappa shape index (κ1) is 47.5. The summed E-state index contributed by atoms with van der Waals surface area (Å²) in [6, 6.07) is 27.8. The van der Waals surface area contributed by atoms with Gasteiger partial charge in [-0.25, -0.2) is 8.42 Å². The van der Waals surface area contributed by atoms with Crippen LogP contribution in [0.2, 0.25) is 0 Å². The molecule has 287 valence electrons. The van der Waals surface area contributed by atoms with Gasteiger partial charge in [-0.05, 0) is 91.6 Å². The molecule has 4 rings (SSSR count). The van der Waals surface area contributed by atoms with Crippen molar-refractivity contribution < 1.29 is 38.1 Å². The van der Waals surface area contributed by atoms with Gasteiger partial charge in [0.2, 0.25) is 0 Å². The van der Waals surface area contributed by atoms with Gasteiger partial charge in [-0.2, -0.15) is 0 Å². The van der Waals surface area contributed by atoms with Crippen molar-refractivity contribution in [2.45, 2.75) is 118 Å². The van der Waals surface area contributed by atoms with Crippen LogP contribution in [0.1, 0.15) is 123 Å². The molecule has 0 aromatic heterocycles. The number of hydrogen-bond donors (Lipinski definition) is 0. The van der Waals surface area contributed by atoms with E-state index in [0.717, 1.165) is 16.9 Å². The van der Waals surface area contributed by atoms with Crippen LogP contribution < -0.4 is 10.0 Å². The molecule has 0 aliphatic heterocycles. The molecule has 0 amide bonds. The van der Waals surface area contributed by atoms with Crippen LogP contribution in [0.5, 0.6) is 5.75 Å². The van der Waals surface area contributed by atoms with Gasteiger partial charge in [0.1, 0.15) is 5.75 Å². The fourth-order valence-electron chi connectivity index (χ4n) is 6.58. The van der Waals surface area contributed by atoms with Crippen molar-refractivity contribution in [1.82, 2.24) is 0 Å². The Morgan fingerprint density at radius 3 is 1.63 bits per heavy atom. The molecule has 0 saturated heterocycles. The number of aryl methyl sites for hydroxylation is 1. The largest absolute Gasteiger partial charge is 2.00 e. The fourth-order valence-corrected chi connectivity index (χ4v) is 10.8. The second-order valence-electron chi connectivity index (χ2n) is 16.0. The number of hydrogen-bond acceptors (Lipinski definition) is 4. The van der Waals surface area contributed by atoms with Gasteiger partial charge in [0, 0.05) is 11.6 Å². The van der Waals surface area contributed by atoms with E-state index >= 15 is 0 Å².